The minimum absolute atomic E-state index is 0.0508. The molecule has 3 rings (SSSR count). The zero-order valence-electron chi connectivity index (χ0n) is 20.8. The molecule has 1 aliphatic heterocycles. The van der Waals surface area contributed by atoms with Crippen molar-refractivity contribution in [3.8, 4) is 17.6 Å². The summed E-state index contributed by atoms with van der Waals surface area (Å²) in [5, 5.41) is 9.76. The van der Waals surface area contributed by atoms with Crippen molar-refractivity contribution in [2.45, 2.75) is 50.2 Å². The van der Waals surface area contributed by atoms with Crippen LogP contribution in [0, 0.1) is 23.7 Å². The van der Waals surface area contributed by atoms with E-state index in [0.717, 1.165) is 12.8 Å². The molecule has 1 aromatic rings. The number of fused-ring (bicyclic) bond motifs is 1. The lowest BCUT2D eigenvalue weighted by Crippen LogP contribution is -2.50. The maximum Gasteiger partial charge on any atom is 0.247 e. The first-order valence-corrected chi connectivity index (χ1v) is 13.3. The fraction of sp³-hybridized carbons (Fsp3) is 0.640. The summed E-state index contributed by atoms with van der Waals surface area (Å²) >= 11 is 0. The number of benzene rings is 1. The largest absolute Gasteiger partial charge is 0.487 e. The molecule has 9 heteroatoms. The summed E-state index contributed by atoms with van der Waals surface area (Å²) in [4.78, 5) is 16.3. The molecule has 1 saturated carbocycles. The Kier molecular flexibility index (Phi) is 8.63. The molecule has 0 saturated heterocycles. The number of likely N-dealkylation sites (N-methyl/N-ethyl adjacent to an activating group) is 1. The van der Waals surface area contributed by atoms with E-state index in [1.54, 1.807) is 31.0 Å². The van der Waals surface area contributed by atoms with Crippen molar-refractivity contribution in [2.24, 2.45) is 11.8 Å². The van der Waals surface area contributed by atoms with Gasteiger partial charge in [0.25, 0.3) is 0 Å². The first kappa shape index (κ1) is 26.5. The third kappa shape index (κ3) is 6.51. The Bertz CT molecular complexity index is 1040. The Labute approximate surface area is 203 Å². The van der Waals surface area contributed by atoms with Crippen LogP contribution < -0.4 is 4.74 Å². The molecule has 0 aromatic heterocycles. The average molecular weight is 492 g/mol. The smallest absolute Gasteiger partial charge is 0.247 e. The molecule has 0 bridgehead atoms. The minimum Gasteiger partial charge on any atom is -0.487 e. The van der Waals surface area contributed by atoms with Crippen molar-refractivity contribution in [1.29, 1.82) is 0 Å². The predicted molar refractivity (Wildman–Crippen MR) is 131 cm³/mol. The molecule has 0 unspecified atom stereocenters. The number of carbonyl (C=O) groups excluding carboxylic acids is 1. The Morgan fingerprint density at radius 2 is 2.00 bits per heavy atom. The van der Waals surface area contributed by atoms with Crippen LogP contribution in [0.3, 0.4) is 0 Å². The molecular weight excluding hydrogens is 454 g/mol. The fourth-order valence-corrected chi connectivity index (χ4v) is 5.74. The highest BCUT2D eigenvalue weighted by Crippen LogP contribution is 2.35. The highest BCUT2D eigenvalue weighted by Gasteiger charge is 2.38. The van der Waals surface area contributed by atoms with Crippen molar-refractivity contribution >= 4 is 15.9 Å². The van der Waals surface area contributed by atoms with Crippen LogP contribution in [0.2, 0.25) is 0 Å². The molecule has 34 heavy (non-hydrogen) atoms. The molecule has 1 amide bonds. The number of hydrogen-bond acceptors (Lipinski definition) is 6. The number of sulfonamides is 1. The van der Waals surface area contributed by atoms with Gasteiger partial charge in [-0.25, -0.2) is 8.42 Å². The van der Waals surface area contributed by atoms with Crippen LogP contribution in [0.4, 0.5) is 0 Å². The van der Waals surface area contributed by atoms with E-state index in [4.69, 9.17) is 4.74 Å². The molecule has 188 valence electrons. The van der Waals surface area contributed by atoms with E-state index in [1.807, 2.05) is 25.9 Å². The summed E-state index contributed by atoms with van der Waals surface area (Å²) in [5.41, 5.74) is 0.655. The maximum atomic E-state index is 13.5. The number of aliphatic hydroxyl groups excluding tert-OH is 1. The van der Waals surface area contributed by atoms with E-state index >= 15 is 0 Å². The van der Waals surface area contributed by atoms with Crippen molar-refractivity contribution in [3.05, 3.63) is 23.8 Å². The van der Waals surface area contributed by atoms with Gasteiger partial charge in [0.1, 0.15) is 16.7 Å². The fourth-order valence-electron chi connectivity index (χ4n) is 3.92. The third-order valence-electron chi connectivity index (χ3n) is 6.33. The Morgan fingerprint density at radius 3 is 2.62 bits per heavy atom. The lowest BCUT2D eigenvalue weighted by Gasteiger charge is -2.37. The van der Waals surface area contributed by atoms with Crippen molar-refractivity contribution in [1.82, 2.24) is 14.1 Å². The first-order chi connectivity index (χ1) is 16.0. The highest BCUT2D eigenvalue weighted by atomic mass is 32.2. The van der Waals surface area contributed by atoms with Gasteiger partial charge in [0.05, 0.1) is 19.7 Å². The monoisotopic (exact) mass is 491 g/mol. The molecular formula is C25H37N3O5S. The number of carbonyl (C=O) groups is 1. The number of rotatable bonds is 7. The Hall–Kier alpha value is -2.12. The van der Waals surface area contributed by atoms with Crippen LogP contribution in [-0.2, 0) is 14.8 Å². The Balaban J connectivity index is 1.97. The van der Waals surface area contributed by atoms with Gasteiger partial charge in [-0.15, -0.1) is 0 Å². The maximum absolute atomic E-state index is 13.5. The molecule has 1 aliphatic carbocycles. The summed E-state index contributed by atoms with van der Waals surface area (Å²) in [6.45, 7) is 4.43. The van der Waals surface area contributed by atoms with Crippen molar-refractivity contribution < 1.29 is 23.1 Å². The third-order valence-corrected chi connectivity index (χ3v) is 8.35. The quantitative estimate of drug-likeness (QED) is 0.583. The number of ether oxygens (including phenoxy) is 1. The predicted octanol–water partition coefficient (Wildman–Crippen LogP) is 1.63. The van der Waals surface area contributed by atoms with Crippen LogP contribution in [0.15, 0.2) is 23.1 Å². The van der Waals surface area contributed by atoms with Crippen LogP contribution >= 0.6 is 0 Å². The molecule has 1 aromatic carbocycles. The van der Waals surface area contributed by atoms with Gasteiger partial charge >= 0.3 is 0 Å². The van der Waals surface area contributed by atoms with Gasteiger partial charge < -0.3 is 14.7 Å². The van der Waals surface area contributed by atoms with Gasteiger partial charge in [-0.1, -0.05) is 18.8 Å². The average Bonchev–Trinajstić information content (AvgIpc) is 3.59. The van der Waals surface area contributed by atoms with Gasteiger partial charge in [-0.3, -0.25) is 9.69 Å². The molecule has 8 nitrogen and oxygen atoms in total. The van der Waals surface area contributed by atoms with E-state index in [-0.39, 0.29) is 35.6 Å². The number of hydrogen-bond donors (Lipinski definition) is 1. The summed E-state index contributed by atoms with van der Waals surface area (Å²) in [6, 6.07) is 4.27. The standard InChI is InChI=1S/C25H37N3O5S/c1-18-15-28(19(2)17-29)34(31,32)24-11-10-20(7-6-12-26(3)4)13-22(24)33-23(18)16-27(5)25(30)14-21-8-9-21/h10-11,13,18-19,21,23,29H,8-9,12,14-17H2,1-5H3/t18-,19-,23-/m0/s1. The summed E-state index contributed by atoms with van der Waals surface area (Å²) < 4.78 is 34.7. The molecule has 2 aliphatic rings. The van der Waals surface area contributed by atoms with Crippen LogP contribution in [-0.4, -0.2) is 93.1 Å². The second-order valence-corrected chi connectivity index (χ2v) is 11.7. The molecule has 0 spiro atoms. The van der Waals surface area contributed by atoms with E-state index < -0.39 is 22.2 Å². The lowest BCUT2D eigenvalue weighted by atomic mass is 10.0. The van der Waals surface area contributed by atoms with E-state index in [2.05, 4.69) is 11.8 Å². The minimum atomic E-state index is -3.90. The van der Waals surface area contributed by atoms with Crippen LogP contribution in [0.25, 0.3) is 0 Å². The summed E-state index contributed by atoms with van der Waals surface area (Å²) in [7, 11) is 1.72. The Morgan fingerprint density at radius 1 is 1.29 bits per heavy atom. The van der Waals surface area contributed by atoms with Gasteiger partial charge in [0.15, 0.2) is 0 Å². The normalized spacial score (nSPS) is 23.0. The summed E-state index contributed by atoms with van der Waals surface area (Å²) in [6.07, 6.45) is 2.34. The van der Waals surface area contributed by atoms with Gasteiger partial charge in [-0.2, -0.15) is 4.31 Å². The van der Waals surface area contributed by atoms with Crippen molar-refractivity contribution in [2.75, 3.05) is 47.4 Å². The number of nitrogens with zero attached hydrogens (tertiary/aromatic N) is 3. The molecule has 1 N–H and O–H groups in total. The van der Waals surface area contributed by atoms with E-state index in [1.165, 1.54) is 10.4 Å². The van der Waals surface area contributed by atoms with Gasteiger partial charge in [-0.05, 0) is 58.0 Å². The molecule has 0 radical (unpaired) electrons. The van der Waals surface area contributed by atoms with Crippen molar-refractivity contribution in [3.63, 3.8) is 0 Å². The van der Waals surface area contributed by atoms with E-state index in [0.29, 0.717) is 31.0 Å². The number of amides is 1. The molecule has 1 fully saturated rings. The van der Waals surface area contributed by atoms with Crippen LogP contribution in [0.5, 0.6) is 5.75 Å². The van der Waals surface area contributed by atoms with E-state index in [9.17, 15) is 18.3 Å². The second-order valence-electron chi connectivity index (χ2n) is 9.86. The highest BCUT2D eigenvalue weighted by molar-refractivity contribution is 7.89. The topological polar surface area (TPSA) is 90.4 Å². The lowest BCUT2D eigenvalue weighted by molar-refractivity contribution is -0.131. The zero-order chi connectivity index (χ0) is 25.0. The molecule has 3 atom stereocenters. The van der Waals surface area contributed by atoms with Gasteiger partial charge in [0, 0.05) is 37.5 Å². The summed E-state index contributed by atoms with van der Waals surface area (Å²) in [5.74, 6) is 6.71. The van der Waals surface area contributed by atoms with Gasteiger partial charge in [0.2, 0.25) is 15.9 Å². The second kappa shape index (κ2) is 11.1. The zero-order valence-corrected chi connectivity index (χ0v) is 21.6. The SMILES string of the molecule is C[C@H]1CN([C@@H](C)CO)S(=O)(=O)c2ccc(C#CCN(C)C)cc2O[C@H]1CN(C)C(=O)CC1CC1. The number of aliphatic hydroxyl groups is 1. The first-order valence-electron chi connectivity index (χ1n) is 11.8. The molecule has 1 heterocycles. The van der Waals surface area contributed by atoms with Crippen LogP contribution in [0.1, 0.15) is 38.7 Å².